The van der Waals surface area contributed by atoms with Crippen molar-refractivity contribution in [3.05, 3.63) is 95.3 Å². The van der Waals surface area contributed by atoms with Crippen molar-refractivity contribution in [1.29, 1.82) is 0 Å². The van der Waals surface area contributed by atoms with Crippen LogP contribution in [0.5, 0.6) is 5.75 Å². The van der Waals surface area contributed by atoms with Crippen LogP contribution in [-0.4, -0.2) is 23.0 Å². The van der Waals surface area contributed by atoms with Crippen molar-refractivity contribution in [2.24, 2.45) is 0 Å². The van der Waals surface area contributed by atoms with Crippen LogP contribution in [0.25, 0.3) is 11.0 Å². The summed E-state index contributed by atoms with van der Waals surface area (Å²) in [4.78, 5) is 21.0. The number of nitrogens with one attached hydrogen (secondary N) is 2. The van der Waals surface area contributed by atoms with Gasteiger partial charge in [-0.15, -0.1) is 0 Å². The highest BCUT2D eigenvalue weighted by Gasteiger charge is 2.21. The van der Waals surface area contributed by atoms with Crippen LogP contribution in [0.1, 0.15) is 33.4 Å². The number of carbonyl (C=O) groups excluding carboxylic acids is 1. The number of imidazole rings is 1. The predicted octanol–water partition coefficient (Wildman–Crippen LogP) is 4.40. The highest BCUT2D eigenvalue weighted by molar-refractivity contribution is 5.95. The van der Waals surface area contributed by atoms with Crippen LogP contribution >= 0.6 is 0 Å². The van der Waals surface area contributed by atoms with Gasteiger partial charge in [-0.25, -0.2) is 4.98 Å². The summed E-state index contributed by atoms with van der Waals surface area (Å²) in [5, 5.41) is 3.10. The summed E-state index contributed by atoms with van der Waals surface area (Å²) in [6, 6.07) is 22.6. The van der Waals surface area contributed by atoms with E-state index in [2.05, 4.69) is 16.4 Å². The standard InChI is InChI=1S/C23H21N3O2/c1-15-11-12-19-20(13-15)25-22(24-19)21(16-7-4-3-5-8-16)26-23(27)17-9-6-10-18(14-17)28-2/h3-14,21H,1-2H3,(H,24,25)(H,26,27). The number of amides is 1. The number of nitrogens with zero attached hydrogens (tertiary/aromatic N) is 1. The maximum atomic E-state index is 12.9. The van der Waals surface area contributed by atoms with E-state index >= 15 is 0 Å². The van der Waals surface area contributed by atoms with Gasteiger partial charge >= 0.3 is 0 Å². The Morgan fingerprint density at radius 2 is 1.86 bits per heavy atom. The molecule has 3 aromatic carbocycles. The molecular formula is C23H21N3O2. The lowest BCUT2D eigenvalue weighted by Gasteiger charge is -2.17. The molecule has 1 atom stereocenters. The van der Waals surface area contributed by atoms with Crippen LogP contribution in [0.3, 0.4) is 0 Å². The second kappa shape index (κ2) is 7.56. The van der Waals surface area contributed by atoms with Gasteiger partial charge in [0.1, 0.15) is 17.6 Å². The normalized spacial score (nSPS) is 11.9. The van der Waals surface area contributed by atoms with Gasteiger partial charge < -0.3 is 15.0 Å². The summed E-state index contributed by atoms with van der Waals surface area (Å²) >= 11 is 0. The fourth-order valence-electron chi connectivity index (χ4n) is 3.21. The number of fused-ring (bicyclic) bond motifs is 1. The molecule has 1 aromatic heterocycles. The van der Waals surface area contributed by atoms with Gasteiger partial charge in [0.25, 0.3) is 5.91 Å². The van der Waals surface area contributed by atoms with E-state index in [1.807, 2.05) is 55.5 Å². The van der Waals surface area contributed by atoms with Crippen LogP contribution in [-0.2, 0) is 0 Å². The van der Waals surface area contributed by atoms with Crippen molar-refractivity contribution in [3.63, 3.8) is 0 Å². The summed E-state index contributed by atoms with van der Waals surface area (Å²) in [6.07, 6.45) is 0. The highest BCUT2D eigenvalue weighted by atomic mass is 16.5. The van der Waals surface area contributed by atoms with Crippen molar-refractivity contribution in [2.75, 3.05) is 7.11 Å². The lowest BCUT2D eigenvalue weighted by Crippen LogP contribution is -2.30. The first-order valence-electron chi connectivity index (χ1n) is 9.10. The first-order chi connectivity index (χ1) is 13.6. The fraction of sp³-hybridized carbons (Fsp3) is 0.130. The Morgan fingerprint density at radius 1 is 1.04 bits per heavy atom. The molecule has 0 aliphatic heterocycles. The van der Waals surface area contributed by atoms with E-state index < -0.39 is 6.04 Å². The van der Waals surface area contributed by atoms with E-state index in [4.69, 9.17) is 9.72 Å². The highest BCUT2D eigenvalue weighted by Crippen LogP contribution is 2.24. The number of ether oxygens (including phenoxy) is 1. The monoisotopic (exact) mass is 371 g/mol. The molecule has 4 rings (SSSR count). The molecule has 5 nitrogen and oxygen atoms in total. The van der Waals surface area contributed by atoms with Crippen molar-refractivity contribution in [1.82, 2.24) is 15.3 Å². The number of hydrogen-bond donors (Lipinski definition) is 2. The average molecular weight is 371 g/mol. The largest absolute Gasteiger partial charge is 0.497 e. The van der Waals surface area contributed by atoms with Gasteiger partial charge in [-0.1, -0.05) is 42.5 Å². The molecule has 1 amide bonds. The minimum Gasteiger partial charge on any atom is -0.497 e. The SMILES string of the molecule is COc1cccc(C(=O)NC(c2ccccc2)c2nc3ccc(C)cc3[nH]2)c1. The Labute approximate surface area is 163 Å². The van der Waals surface area contributed by atoms with Crippen LogP contribution < -0.4 is 10.1 Å². The number of H-pyrrole nitrogens is 1. The van der Waals surface area contributed by atoms with Gasteiger partial charge in [0.15, 0.2) is 0 Å². The molecule has 0 aliphatic rings. The Kier molecular flexibility index (Phi) is 4.81. The molecule has 1 unspecified atom stereocenters. The third-order valence-electron chi connectivity index (χ3n) is 4.67. The lowest BCUT2D eigenvalue weighted by atomic mass is 10.1. The van der Waals surface area contributed by atoms with Crippen LogP contribution in [0.2, 0.25) is 0 Å². The molecule has 2 N–H and O–H groups in total. The van der Waals surface area contributed by atoms with Crippen molar-refractivity contribution < 1.29 is 9.53 Å². The van der Waals surface area contributed by atoms with Crippen molar-refractivity contribution in [2.45, 2.75) is 13.0 Å². The van der Waals surface area contributed by atoms with Crippen molar-refractivity contribution >= 4 is 16.9 Å². The number of methoxy groups -OCH3 is 1. The maximum Gasteiger partial charge on any atom is 0.252 e. The van der Waals surface area contributed by atoms with Gasteiger partial charge in [0, 0.05) is 5.56 Å². The first-order valence-corrected chi connectivity index (χ1v) is 9.10. The maximum absolute atomic E-state index is 12.9. The van der Waals surface area contributed by atoms with E-state index in [9.17, 15) is 4.79 Å². The Balaban J connectivity index is 1.72. The molecule has 0 radical (unpaired) electrons. The van der Waals surface area contributed by atoms with E-state index in [1.54, 1.807) is 25.3 Å². The van der Waals surface area contributed by atoms with Gasteiger partial charge in [-0.05, 0) is 48.4 Å². The quantitative estimate of drug-likeness (QED) is 0.546. The van der Waals surface area contributed by atoms with E-state index in [0.29, 0.717) is 17.1 Å². The summed E-state index contributed by atoms with van der Waals surface area (Å²) in [5.74, 6) is 1.15. The molecule has 0 aliphatic carbocycles. The zero-order valence-corrected chi connectivity index (χ0v) is 15.8. The average Bonchev–Trinajstić information content (AvgIpc) is 3.15. The van der Waals surface area contributed by atoms with Crippen LogP contribution in [0.4, 0.5) is 0 Å². The number of benzene rings is 3. The lowest BCUT2D eigenvalue weighted by molar-refractivity contribution is 0.0941. The Bertz CT molecular complexity index is 1120. The molecule has 0 bridgehead atoms. The summed E-state index contributed by atoms with van der Waals surface area (Å²) in [6.45, 7) is 2.04. The minimum absolute atomic E-state index is 0.190. The third-order valence-corrected chi connectivity index (χ3v) is 4.67. The van der Waals surface area contributed by atoms with E-state index in [0.717, 1.165) is 22.2 Å². The Hall–Kier alpha value is -3.60. The van der Waals surface area contributed by atoms with Gasteiger partial charge in [0.2, 0.25) is 0 Å². The molecule has 0 fully saturated rings. The van der Waals surface area contributed by atoms with E-state index in [-0.39, 0.29) is 5.91 Å². The molecule has 1 heterocycles. The number of hydrogen-bond acceptors (Lipinski definition) is 3. The molecule has 5 heteroatoms. The number of rotatable bonds is 5. The minimum atomic E-state index is -0.396. The van der Waals surface area contributed by atoms with Gasteiger partial charge in [-0.2, -0.15) is 0 Å². The Morgan fingerprint density at radius 3 is 2.64 bits per heavy atom. The number of aromatic amines is 1. The number of aryl methyl sites for hydroxylation is 1. The van der Waals surface area contributed by atoms with Gasteiger partial charge in [0.05, 0.1) is 18.1 Å². The second-order valence-corrected chi connectivity index (χ2v) is 6.69. The molecular weight excluding hydrogens is 350 g/mol. The molecule has 0 saturated heterocycles. The molecule has 0 spiro atoms. The van der Waals surface area contributed by atoms with E-state index in [1.165, 1.54) is 0 Å². The zero-order valence-electron chi connectivity index (χ0n) is 15.8. The fourth-order valence-corrected chi connectivity index (χ4v) is 3.21. The summed E-state index contributed by atoms with van der Waals surface area (Å²) in [5.41, 5.74) is 4.46. The number of aromatic nitrogens is 2. The molecule has 28 heavy (non-hydrogen) atoms. The van der Waals surface area contributed by atoms with Crippen LogP contribution in [0, 0.1) is 6.92 Å². The first kappa shape index (κ1) is 17.8. The third kappa shape index (κ3) is 3.60. The molecule has 140 valence electrons. The predicted molar refractivity (Wildman–Crippen MR) is 110 cm³/mol. The summed E-state index contributed by atoms with van der Waals surface area (Å²) < 4.78 is 5.23. The smallest absolute Gasteiger partial charge is 0.252 e. The van der Waals surface area contributed by atoms with Gasteiger partial charge in [-0.3, -0.25) is 4.79 Å². The van der Waals surface area contributed by atoms with Crippen LogP contribution in [0.15, 0.2) is 72.8 Å². The number of carbonyl (C=O) groups is 1. The topological polar surface area (TPSA) is 67.0 Å². The van der Waals surface area contributed by atoms with Crippen molar-refractivity contribution in [3.8, 4) is 5.75 Å². The second-order valence-electron chi connectivity index (χ2n) is 6.69. The zero-order chi connectivity index (χ0) is 19.5. The molecule has 4 aromatic rings. The summed E-state index contributed by atoms with van der Waals surface area (Å²) in [7, 11) is 1.58. The molecule has 0 saturated carbocycles.